The minimum atomic E-state index is 0. The first-order valence-corrected chi connectivity index (χ1v) is 9.00. The SMILES string of the molecule is CCN(CC)c1ccc2cc3ccc(N(CC)CC)cc3[o+]c2c1.[Cl-]. The molecular formula is C21H27ClN2O. The molecular weight excluding hydrogens is 332 g/mol. The fourth-order valence-corrected chi connectivity index (χ4v) is 3.32. The highest BCUT2D eigenvalue weighted by molar-refractivity contribution is 5.92. The van der Waals surface area contributed by atoms with Gasteiger partial charge in [-0.25, -0.2) is 4.42 Å². The number of anilines is 2. The van der Waals surface area contributed by atoms with Crippen LogP contribution in [0.25, 0.3) is 21.9 Å². The minimum absolute atomic E-state index is 0. The summed E-state index contributed by atoms with van der Waals surface area (Å²) in [6.45, 7) is 12.7. The lowest BCUT2D eigenvalue weighted by atomic mass is 10.1. The summed E-state index contributed by atoms with van der Waals surface area (Å²) in [5.41, 5.74) is 4.33. The van der Waals surface area contributed by atoms with Gasteiger partial charge in [-0.2, -0.15) is 0 Å². The predicted molar refractivity (Wildman–Crippen MR) is 105 cm³/mol. The number of hydrogen-bond donors (Lipinski definition) is 0. The molecule has 0 unspecified atom stereocenters. The Kier molecular flexibility index (Phi) is 6.49. The summed E-state index contributed by atoms with van der Waals surface area (Å²) in [7, 11) is 0. The van der Waals surface area contributed by atoms with Gasteiger partial charge in [-0.15, -0.1) is 0 Å². The van der Waals surface area contributed by atoms with E-state index in [4.69, 9.17) is 4.42 Å². The summed E-state index contributed by atoms with van der Waals surface area (Å²) in [6.07, 6.45) is 0. The maximum absolute atomic E-state index is 6.25. The van der Waals surface area contributed by atoms with E-state index in [-0.39, 0.29) is 12.4 Å². The molecule has 0 bridgehead atoms. The highest BCUT2D eigenvalue weighted by Gasteiger charge is 2.16. The zero-order chi connectivity index (χ0) is 17.1. The Bertz CT molecular complexity index is 775. The van der Waals surface area contributed by atoms with Crippen LogP contribution in [-0.2, 0) is 0 Å². The average molecular weight is 359 g/mol. The van der Waals surface area contributed by atoms with Crippen LogP contribution in [0.1, 0.15) is 27.7 Å². The molecule has 0 spiro atoms. The molecule has 0 amide bonds. The van der Waals surface area contributed by atoms with Crippen molar-refractivity contribution in [3.8, 4) is 0 Å². The molecule has 0 N–H and O–H groups in total. The summed E-state index contributed by atoms with van der Waals surface area (Å²) in [6, 6.07) is 15.2. The van der Waals surface area contributed by atoms with Crippen LogP contribution in [0.2, 0.25) is 0 Å². The van der Waals surface area contributed by atoms with E-state index >= 15 is 0 Å². The number of hydrogen-bond acceptors (Lipinski definition) is 2. The number of nitrogens with zero attached hydrogens (tertiary/aromatic N) is 2. The normalized spacial score (nSPS) is 10.7. The van der Waals surface area contributed by atoms with Crippen molar-refractivity contribution in [1.82, 2.24) is 0 Å². The Hall–Kier alpha value is -2.00. The molecule has 4 heteroatoms. The molecule has 0 saturated heterocycles. The van der Waals surface area contributed by atoms with E-state index in [1.165, 1.54) is 11.4 Å². The van der Waals surface area contributed by atoms with Gasteiger partial charge >= 0.3 is 11.2 Å². The number of fused-ring (bicyclic) bond motifs is 2. The van der Waals surface area contributed by atoms with E-state index in [0.29, 0.717) is 0 Å². The molecule has 3 nitrogen and oxygen atoms in total. The van der Waals surface area contributed by atoms with Gasteiger partial charge in [0.1, 0.15) is 0 Å². The quantitative estimate of drug-likeness (QED) is 0.498. The summed E-state index contributed by atoms with van der Waals surface area (Å²) >= 11 is 0. The molecule has 0 atom stereocenters. The molecule has 25 heavy (non-hydrogen) atoms. The fourth-order valence-electron chi connectivity index (χ4n) is 3.32. The van der Waals surface area contributed by atoms with Crippen LogP contribution in [0.3, 0.4) is 0 Å². The third-order valence-corrected chi connectivity index (χ3v) is 4.78. The summed E-state index contributed by atoms with van der Waals surface area (Å²) < 4.78 is 6.25. The average Bonchev–Trinajstić information content (AvgIpc) is 2.62. The lowest BCUT2D eigenvalue weighted by molar-refractivity contribution is -0.00000544. The smallest absolute Gasteiger partial charge is 0.362 e. The topological polar surface area (TPSA) is 17.8 Å². The van der Waals surface area contributed by atoms with E-state index in [2.05, 4.69) is 80.0 Å². The number of rotatable bonds is 6. The fraction of sp³-hybridized carbons (Fsp3) is 0.381. The molecule has 0 aliphatic heterocycles. The Balaban J connectivity index is 0.00000225. The summed E-state index contributed by atoms with van der Waals surface area (Å²) in [5, 5.41) is 2.29. The lowest BCUT2D eigenvalue weighted by Crippen LogP contribution is -3.00. The first-order chi connectivity index (χ1) is 11.7. The van der Waals surface area contributed by atoms with Gasteiger partial charge in [0.15, 0.2) is 0 Å². The third kappa shape index (κ3) is 3.82. The van der Waals surface area contributed by atoms with Crippen LogP contribution in [0.4, 0.5) is 11.4 Å². The van der Waals surface area contributed by atoms with Gasteiger partial charge in [0.2, 0.25) is 0 Å². The standard InChI is InChI=1S/C21H27N2O.ClH/c1-5-22(6-2)18-11-9-16-13-17-10-12-19(23(7-3)8-4)15-21(17)24-20(16)14-18;/h9-15H,5-8H2,1-4H3;1H/q+1;/p-1. The Morgan fingerprint density at radius 1 is 0.640 bits per heavy atom. The van der Waals surface area contributed by atoms with E-state index in [1.807, 2.05) is 0 Å². The van der Waals surface area contributed by atoms with Crippen molar-refractivity contribution in [2.45, 2.75) is 27.7 Å². The molecule has 0 aliphatic rings. The molecule has 0 radical (unpaired) electrons. The van der Waals surface area contributed by atoms with Gasteiger partial charge in [0.05, 0.1) is 22.9 Å². The van der Waals surface area contributed by atoms with E-state index in [9.17, 15) is 0 Å². The van der Waals surface area contributed by atoms with E-state index in [1.54, 1.807) is 0 Å². The molecule has 1 heterocycles. The van der Waals surface area contributed by atoms with Crippen LogP contribution in [0, 0.1) is 0 Å². The van der Waals surface area contributed by atoms with Gasteiger partial charge < -0.3 is 22.2 Å². The van der Waals surface area contributed by atoms with Gasteiger partial charge in [0.25, 0.3) is 0 Å². The van der Waals surface area contributed by atoms with Crippen LogP contribution in [0.5, 0.6) is 0 Å². The van der Waals surface area contributed by atoms with Crippen molar-refractivity contribution >= 4 is 33.3 Å². The van der Waals surface area contributed by atoms with Crippen LogP contribution < -0.4 is 22.2 Å². The van der Waals surface area contributed by atoms with E-state index in [0.717, 1.165) is 48.1 Å². The maximum atomic E-state index is 6.25. The zero-order valence-corrected chi connectivity index (χ0v) is 16.3. The van der Waals surface area contributed by atoms with Crippen molar-refractivity contribution in [3.63, 3.8) is 0 Å². The Labute approximate surface area is 156 Å². The van der Waals surface area contributed by atoms with Gasteiger partial charge in [-0.05, 0) is 58.0 Å². The van der Waals surface area contributed by atoms with Gasteiger partial charge in [-0.1, -0.05) is 0 Å². The lowest BCUT2D eigenvalue weighted by Gasteiger charge is -2.20. The summed E-state index contributed by atoms with van der Waals surface area (Å²) in [5.74, 6) is 0. The number of halogens is 1. The Morgan fingerprint density at radius 2 is 1.04 bits per heavy atom. The minimum Gasteiger partial charge on any atom is -1.00 e. The van der Waals surface area contributed by atoms with Crippen molar-refractivity contribution in [1.29, 1.82) is 0 Å². The Morgan fingerprint density at radius 3 is 1.40 bits per heavy atom. The predicted octanol–water partition coefficient (Wildman–Crippen LogP) is 2.56. The first-order valence-electron chi connectivity index (χ1n) is 9.00. The molecule has 3 aromatic rings. The first kappa shape index (κ1) is 19.3. The maximum Gasteiger partial charge on any atom is 0.362 e. The molecule has 3 rings (SSSR count). The van der Waals surface area contributed by atoms with Gasteiger partial charge in [-0.3, -0.25) is 0 Å². The zero-order valence-electron chi connectivity index (χ0n) is 15.6. The van der Waals surface area contributed by atoms with Crippen molar-refractivity contribution < 1.29 is 16.8 Å². The van der Waals surface area contributed by atoms with Gasteiger partial charge in [0, 0.05) is 37.6 Å². The van der Waals surface area contributed by atoms with Crippen molar-refractivity contribution in [2.24, 2.45) is 0 Å². The van der Waals surface area contributed by atoms with Crippen molar-refractivity contribution in [3.05, 3.63) is 42.5 Å². The number of benzene rings is 2. The monoisotopic (exact) mass is 358 g/mol. The third-order valence-electron chi connectivity index (χ3n) is 4.78. The molecule has 1 aromatic heterocycles. The molecule has 2 aromatic carbocycles. The largest absolute Gasteiger partial charge is 1.00 e. The van der Waals surface area contributed by atoms with Crippen LogP contribution in [-0.4, -0.2) is 26.2 Å². The second-order valence-electron chi connectivity index (χ2n) is 6.04. The molecule has 0 saturated carbocycles. The molecule has 134 valence electrons. The second-order valence-corrected chi connectivity index (χ2v) is 6.04. The molecule has 0 aliphatic carbocycles. The van der Waals surface area contributed by atoms with Crippen LogP contribution >= 0.6 is 0 Å². The van der Waals surface area contributed by atoms with Crippen LogP contribution in [0.15, 0.2) is 46.9 Å². The summed E-state index contributed by atoms with van der Waals surface area (Å²) in [4.78, 5) is 4.68. The highest BCUT2D eigenvalue weighted by Crippen LogP contribution is 2.29. The molecule has 0 fully saturated rings. The van der Waals surface area contributed by atoms with Crippen molar-refractivity contribution in [2.75, 3.05) is 36.0 Å². The highest BCUT2D eigenvalue weighted by atomic mass is 35.5. The second kappa shape index (κ2) is 8.39. The van der Waals surface area contributed by atoms with E-state index < -0.39 is 0 Å².